The molecule has 1 aliphatic heterocycles. The maximum Gasteiger partial charge on any atom is 0.0200 e. The molecule has 2 heteroatoms. The lowest BCUT2D eigenvalue weighted by Crippen LogP contribution is -2.55. The van der Waals surface area contributed by atoms with E-state index in [0.717, 1.165) is 30.0 Å². The van der Waals surface area contributed by atoms with Crippen molar-refractivity contribution in [1.29, 1.82) is 0 Å². The summed E-state index contributed by atoms with van der Waals surface area (Å²) in [5.74, 6) is 1.95. The number of hydrogen-bond acceptors (Lipinski definition) is 2. The minimum absolute atomic E-state index is 0.764. The Morgan fingerprint density at radius 2 is 1.71 bits per heavy atom. The SMILES string of the molecule is CCC1CC(NC2CCCCC2)CN(C(CC)C2CC2)C1. The van der Waals surface area contributed by atoms with Gasteiger partial charge in [0.25, 0.3) is 0 Å². The maximum atomic E-state index is 4.05. The molecule has 0 spiro atoms. The summed E-state index contributed by atoms with van der Waals surface area (Å²) in [5, 5.41) is 4.05. The molecule has 0 amide bonds. The molecule has 3 fully saturated rings. The molecule has 2 nitrogen and oxygen atoms in total. The van der Waals surface area contributed by atoms with Crippen LogP contribution < -0.4 is 5.32 Å². The van der Waals surface area contributed by atoms with Crippen molar-refractivity contribution in [3.63, 3.8) is 0 Å². The molecule has 1 N–H and O–H groups in total. The van der Waals surface area contributed by atoms with Crippen molar-refractivity contribution < 1.29 is 0 Å². The quantitative estimate of drug-likeness (QED) is 0.789. The van der Waals surface area contributed by atoms with Crippen LogP contribution in [0.2, 0.25) is 0 Å². The van der Waals surface area contributed by atoms with Gasteiger partial charge in [-0.2, -0.15) is 0 Å². The highest BCUT2D eigenvalue weighted by molar-refractivity contribution is 4.93. The van der Waals surface area contributed by atoms with Gasteiger partial charge in [-0.3, -0.25) is 4.90 Å². The third kappa shape index (κ3) is 4.22. The van der Waals surface area contributed by atoms with Crippen molar-refractivity contribution in [2.45, 2.75) is 96.2 Å². The van der Waals surface area contributed by atoms with Crippen LogP contribution in [0, 0.1) is 11.8 Å². The Bertz CT molecular complexity index is 307. The second-order valence-corrected chi connectivity index (χ2v) is 7.98. The van der Waals surface area contributed by atoms with Crippen molar-refractivity contribution in [3.8, 4) is 0 Å². The van der Waals surface area contributed by atoms with Gasteiger partial charge >= 0.3 is 0 Å². The molecule has 0 bridgehead atoms. The van der Waals surface area contributed by atoms with Gasteiger partial charge in [-0.05, 0) is 50.4 Å². The molecule has 0 aromatic carbocycles. The van der Waals surface area contributed by atoms with Crippen LogP contribution in [0.5, 0.6) is 0 Å². The van der Waals surface area contributed by atoms with Gasteiger partial charge in [-0.25, -0.2) is 0 Å². The zero-order valence-electron chi connectivity index (χ0n) is 14.3. The van der Waals surface area contributed by atoms with Crippen LogP contribution in [0.3, 0.4) is 0 Å². The third-order valence-corrected chi connectivity index (χ3v) is 6.27. The van der Waals surface area contributed by atoms with E-state index in [2.05, 4.69) is 24.1 Å². The Morgan fingerprint density at radius 1 is 0.952 bits per heavy atom. The fourth-order valence-electron chi connectivity index (χ4n) is 4.90. The number of hydrogen-bond donors (Lipinski definition) is 1. The van der Waals surface area contributed by atoms with Crippen molar-refractivity contribution in [3.05, 3.63) is 0 Å². The molecule has 0 aromatic heterocycles. The highest BCUT2D eigenvalue weighted by Crippen LogP contribution is 2.38. The zero-order valence-corrected chi connectivity index (χ0v) is 14.3. The standard InChI is InChI=1S/C19H36N2/c1-3-15-12-18(20-17-8-6-5-7-9-17)14-21(13-15)19(4-2)16-10-11-16/h15-20H,3-14H2,1-2H3. The first-order chi connectivity index (χ1) is 10.3. The first kappa shape index (κ1) is 15.8. The molecule has 1 heterocycles. The average molecular weight is 293 g/mol. The van der Waals surface area contributed by atoms with E-state index in [4.69, 9.17) is 0 Å². The van der Waals surface area contributed by atoms with Crippen molar-refractivity contribution >= 4 is 0 Å². The lowest BCUT2D eigenvalue weighted by atomic mass is 9.88. The van der Waals surface area contributed by atoms with Gasteiger partial charge in [0.15, 0.2) is 0 Å². The van der Waals surface area contributed by atoms with Gasteiger partial charge in [-0.1, -0.05) is 39.5 Å². The normalized spacial score (nSPS) is 34.0. The molecule has 21 heavy (non-hydrogen) atoms. The van der Waals surface area contributed by atoms with Crippen LogP contribution in [0.15, 0.2) is 0 Å². The van der Waals surface area contributed by atoms with Gasteiger partial charge in [0.1, 0.15) is 0 Å². The second-order valence-electron chi connectivity index (χ2n) is 7.98. The molecule has 2 aliphatic carbocycles. The molecule has 3 atom stereocenters. The van der Waals surface area contributed by atoms with Gasteiger partial charge in [-0.15, -0.1) is 0 Å². The van der Waals surface area contributed by atoms with Crippen LogP contribution in [0.1, 0.15) is 78.1 Å². The smallest absolute Gasteiger partial charge is 0.0200 e. The fourth-order valence-corrected chi connectivity index (χ4v) is 4.90. The molecule has 3 unspecified atom stereocenters. The van der Waals surface area contributed by atoms with Crippen molar-refractivity contribution in [1.82, 2.24) is 10.2 Å². The summed E-state index contributed by atoms with van der Waals surface area (Å²) in [4.78, 5) is 2.87. The number of rotatable bonds is 6. The Morgan fingerprint density at radius 3 is 2.33 bits per heavy atom. The second kappa shape index (κ2) is 7.46. The van der Waals surface area contributed by atoms with Gasteiger partial charge in [0.2, 0.25) is 0 Å². The summed E-state index contributed by atoms with van der Waals surface area (Å²) in [6.07, 6.45) is 14.3. The first-order valence-electron chi connectivity index (χ1n) is 9.80. The van der Waals surface area contributed by atoms with Crippen LogP contribution in [-0.4, -0.2) is 36.1 Å². The Hall–Kier alpha value is -0.0800. The molecule has 2 saturated carbocycles. The molecule has 3 rings (SSSR count). The van der Waals surface area contributed by atoms with Crippen LogP contribution >= 0.6 is 0 Å². The minimum atomic E-state index is 0.764. The predicted octanol–water partition coefficient (Wildman–Crippen LogP) is 4.20. The molecule has 1 saturated heterocycles. The summed E-state index contributed by atoms with van der Waals surface area (Å²) in [5.41, 5.74) is 0. The molecular formula is C19H36N2. The summed E-state index contributed by atoms with van der Waals surface area (Å²) >= 11 is 0. The summed E-state index contributed by atoms with van der Waals surface area (Å²) in [6.45, 7) is 7.49. The van der Waals surface area contributed by atoms with Crippen molar-refractivity contribution in [2.75, 3.05) is 13.1 Å². The summed E-state index contributed by atoms with van der Waals surface area (Å²) in [7, 11) is 0. The third-order valence-electron chi connectivity index (χ3n) is 6.27. The van der Waals surface area contributed by atoms with Crippen molar-refractivity contribution in [2.24, 2.45) is 11.8 Å². The number of piperidine rings is 1. The topological polar surface area (TPSA) is 15.3 Å². The van der Waals surface area contributed by atoms with Crippen LogP contribution in [-0.2, 0) is 0 Å². The van der Waals surface area contributed by atoms with E-state index in [1.807, 2.05) is 0 Å². The monoisotopic (exact) mass is 292 g/mol. The number of nitrogens with zero attached hydrogens (tertiary/aromatic N) is 1. The van der Waals surface area contributed by atoms with E-state index < -0.39 is 0 Å². The lowest BCUT2D eigenvalue weighted by molar-refractivity contribution is 0.0767. The average Bonchev–Trinajstić information content (AvgIpc) is 3.34. The van der Waals surface area contributed by atoms with Gasteiger partial charge < -0.3 is 5.32 Å². The molecule has 0 radical (unpaired) electrons. The first-order valence-corrected chi connectivity index (χ1v) is 9.80. The van der Waals surface area contributed by atoms with Gasteiger partial charge in [0.05, 0.1) is 0 Å². The van der Waals surface area contributed by atoms with Crippen LogP contribution in [0.4, 0.5) is 0 Å². The van der Waals surface area contributed by atoms with E-state index in [9.17, 15) is 0 Å². The highest BCUT2D eigenvalue weighted by Gasteiger charge is 2.38. The Labute approximate surface area is 132 Å². The van der Waals surface area contributed by atoms with E-state index >= 15 is 0 Å². The minimum Gasteiger partial charge on any atom is -0.310 e. The molecule has 0 aromatic rings. The molecule has 3 aliphatic rings. The number of likely N-dealkylation sites (tertiary alicyclic amines) is 1. The largest absolute Gasteiger partial charge is 0.310 e. The van der Waals surface area contributed by atoms with Crippen LogP contribution in [0.25, 0.3) is 0 Å². The Kier molecular flexibility index (Phi) is 5.61. The predicted molar refractivity (Wildman–Crippen MR) is 90.6 cm³/mol. The molecule has 122 valence electrons. The fraction of sp³-hybridized carbons (Fsp3) is 1.00. The zero-order chi connectivity index (χ0) is 14.7. The number of nitrogens with one attached hydrogen (secondary N) is 1. The van der Waals surface area contributed by atoms with E-state index in [0.29, 0.717) is 0 Å². The van der Waals surface area contributed by atoms with E-state index in [1.54, 1.807) is 0 Å². The van der Waals surface area contributed by atoms with Gasteiger partial charge in [0, 0.05) is 31.2 Å². The summed E-state index contributed by atoms with van der Waals surface area (Å²) < 4.78 is 0. The lowest BCUT2D eigenvalue weighted by Gasteiger charge is -2.43. The summed E-state index contributed by atoms with van der Waals surface area (Å²) in [6, 6.07) is 2.47. The van der Waals surface area contributed by atoms with E-state index in [1.165, 1.54) is 77.3 Å². The Balaban J connectivity index is 1.57. The highest BCUT2D eigenvalue weighted by atomic mass is 15.2. The van der Waals surface area contributed by atoms with E-state index in [-0.39, 0.29) is 0 Å². The maximum absolute atomic E-state index is 4.05. The molecular weight excluding hydrogens is 256 g/mol.